The highest BCUT2D eigenvalue weighted by molar-refractivity contribution is 7.89. The molecule has 0 aliphatic rings. The highest BCUT2D eigenvalue weighted by Gasteiger charge is 2.25. The fourth-order valence-electron chi connectivity index (χ4n) is 2.10. The predicted molar refractivity (Wildman–Crippen MR) is 76.4 cm³/mol. The van der Waals surface area contributed by atoms with Crippen LogP contribution < -0.4 is 0 Å². The minimum Gasteiger partial charge on any atom is -0.392 e. The van der Waals surface area contributed by atoms with Gasteiger partial charge in [0.15, 0.2) is 0 Å². The molecular formula is C14H23NO3S. The Hall–Kier alpha value is -0.910. The van der Waals surface area contributed by atoms with Gasteiger partial charge < -0.3 is 5.11 Å². The lowest BCUT2D eigenvalue weighted by Crippen LogP contribution is -2.33. The maximum absolute atomic E-state index is 12.6. The van der Waals surface area contributed by atoms with E-state index in [-0.39, 0.29) is 6.61 Å². The Bertz CT molecular complexity index is 505. The summed E-state index contributed by atoms with van der Waals surface area (Å²) in [4.78, 5) is 0.306. The highest BCUT2D eigenvalue weighted by atomic mass is 32.2. The van der Waals surface area contributed by atoms with Crippen molar-refractivity contribution in [2.45, 2.75) is 45.1 Å². The summed E-state index contributed by atoms with van der Waals surface area (Å²) >= 11 is 0. The van der Waals surface area contributed by atoms with E-state index in [0.29, 0.717) is 29.1 Å². The van der Waals surface area contributed by atoms with E-state index in [1.54, 1.807) is 25.1 Å². The van der Waals surface area contributed by atoms with Gasteiger partial charge in [0.05, 0.1) is 11.5 Å². The van der Waals surface area contributed by atoms with E-state index in [0.717, 1.165) is 12.8 Å². The molecule has 0 bridgehead atoms. The third-order valence-electron chi connectivity index (χ3n) is 3.13. The summed E-state index contributed by atoms with van der Waals surface area (Å²) in [5, 5.41) is 9.25. The molecule has 1 aromatic carbocycles. The molecule has 0 aromatic heterocycles. The quantitative estimate of drug-likeness (QED) is 0.836. The zero-order valence-electron chi connectivity index (χ0n) is 11.9. The van der Waals surface area contributed by atoms with E-state index in [1.807, 2.05) is 13.8 Å². The zero-order chi connectivity index (χ0) is 14.5. The van der Waals surface area contributed by atoms with Crippen LogP contribution in [0.5, 0.6) is 0 Å². The van der Waals surface area contributed by atoms with Crippen molar-refractivity contribution in [1.82, 2.24) is 4.31 Å². The van der Waals surface area contributed by atoms with Gasteiger partial charge in [0.2, 0.25) is 10.0 Å². The number of hydrogen-bond donors (Lipinski definition) is 1. The fourth-order valence-corrected chi connectivity index (χ4v) is 3.99. The number of hydrogen-bond acceptors (Lipinski definition) is 3. The fraction of sp³-hybridized carbons (Fsp3) is 0.571. The van der Waals surface area contributed by atoms with Gasteiger partial charge in [0.1, 0.15) is 0 Å². The monoisotopic (exact) mass is 285 g/mol. The van der Waals surface area contributed by atoms with Gasteiger partial charge >= 0.3 is 0 Å². The van der Waals surface area contributed by atoms with Crippen LogP contribution in [0.3, 0.4) is 0 Å². The molecule has 4 nitrogen and oxygen atoms in total. The maximum Gasteiger partial charge on any atom is 0.243 e. The minimum absolute atomic E-state index is 0.142. The molecular weight excluding hydrogens is 262 g/mol. The Morgan fingerprint density at radius 3 is 2.21 bits per heavy atom. The Kier molecular flexibility index (Phi) is 5.97. The van der Waals surface area contributed by atoms with Crippen molar-refractivity contribution in [3.05, 3.63) is 29.3 Å². The predicted octanol–water partition coefficient (Wildman–Crippen LogP) is 2.30. The van der Waals surface area contributed by atoms with E-state index in [1.165, 1.54) is 4.31 Å². The molecule has 0 aliphatic carbocycles. The van der Waals surface area contributed by atoms with Crippen LogP contribution in [0.15, 0.2) is 23.1 Å². The van der Waals surface area contributed by atoms with Crippen molar-refractivity contribution in [2.75, 3.05) is 13.1 Å². The third kappa shape index (κ3) is 3.55. The number of aliphatic hydroxyl groups is 1. The molecule has 5 heteroatoms. The largest absolute Gasteiger partial charge is 0.392 e. The number of sulfonamides is 1. The first-order valence-electron chi connectivity index (χ1n) is 6.68. The van der Waals surface area contributed by atoms with Crippen LogP contribution in [-0.4, -0.2) is 30.9 Å². The maximum atomic E-state index is 12.6. The van der Waals surface area contributed by atoms with Crippen molar-refractivity contribution in [1.29, 1.82) is 0 Å². The first-order chi connectivity index (χ1) is 8.98. The second-order valence-corrected chi connectivity index (χ2v) is 6.51. The molecule has 1 aromatic rings. The Balaban J connectivity index is 3.25. The van der Waals surface area contributed by atoms with Crippen molar-refractivity contribution >= 4 is 10.0 Å². The summed E-state index contributed by atoms with van der Waals surface area (Å²) in [6, 6.07) is 5.04. The first-order valence-corrected chi connectivity index (χ1v) is 8.12. The Morgan fingerprint density at radius 2 is 1.74 bits per heavy atom. The van der Waals surface area contributed by atoms with E-state index in [2.05, 4.69) is 0 Å². The van der Waals surface area contributed by atoms with Crippen LogP contribution in [-0.2, 0) is 16.6 Å². The van der Waals surface area contributed by atoms with Crippen LogP contribution in [0.2, 0.25) is 0 Å². The van der Waals surface area contributed by atoms with Crippen molar-refractivity contribution in [2.24, 2.45) is 0 Å². The van der Waals surface area contributed by atoms with E-state index in [4.69, 9.17) is 0 Å². The summed E-state index contributed by atoms with van der Waals surface area (Å²) < 4.78 is 26.8. The van der Waals surface area contributed by atoms with Gasteiger partial charge in [-0.1, -0.05) is 26.0 Å². The molecule has 0 fully saturated rings. The molecule has 108 valence electrons. The van der Waals surface area contributed by atoms with E-state index < -0.39 is 10.0 Å². The van der Waals surface area contributed by atoms with E-state index >= 15 is 0 Å². The highest BCUT2D eigenvalue weighted by Crippen LogP contribution is 2.23. The standard InChI is InChI=1S/C14H23NO3S/c1-4-9-15(10-5-2)19(17,18)14-8-6-7-13(11-16)12(14)3/h6-8,16H,4-5,9-11H2,1-3H3. The molecule has 0 spiro atoms. The zero-order valence-corrected chi connectivity index (χ0v) is 12.7. The molecule has 1 N–H and O–H groups in total. The molecule has 0 aliphatic heterocycles. The summed E-state index contributed by atoms with van der Waals surface area (Å²) in [6.07, 6.45) is 1.58. The van der Waals surface area contributed by atoms with Crippen molar-refractivity contribution in [3.63, 3.8) is 0 Å². The van der Waals surface area contributed by atoms with Crippen LogP contribution >= 0.6 is 0 Å². The average Bonchev–Trinajstić information content (AvgIpc) is 2.38. The van der Waals surface area contributed by atoms with Gasteiger partial charge in [0, 0.05) is 13.1 Å². The Morgan fingerprint density at radius 1 is 1.16 bits per heavy atom. The summed E-state index contributed by atoms with van der Waals surface area (Å²) in [5.41, 5.74) is 1.30. The molecule has 0 radical (unpaired) electrons. The lowest BCUT2D eigenvalue weighted by Gasteiger charge is -2.22. The van der Waals surface area contributed by atoms with Gasteiger partial charge in [-0.05, 0) is 37.0 Å². The normalized spacial score (nSPS) is 12.1. The van der Waals surface area contributed by atoms with Crippen LogP contribution in [0.25, 0.3) is 0 Å². The molecule has 19 heavy (non-hydrogen) atoms. The van der Waals surface area contributed by atoms with E-state index in [9.17, 15) is 13.5 Å². The second kappa shape index (κ2) is 7.03. The van der Waals surface area contributed by atoms with Crippen LogP contribution in [0, 0.1) is 6.92 Å². The van der Waals surface area contributed by atoms with Crippen molar-refractivity contribution in [3.8, 4) is 0 Å². The number of aliphatic hydroxyl groups excluding tert-OH is 1. The first kappa shape index (κ1) is 16.1. The lowest BCUT2D eigenvalue weighted by molar-refractivity contribution is 0.280. The summed E-state index contributed by atoms with van der Waals surface area (Å²) in [7, 11) is -3.47. The van der Waals surface area contributed by atoms with Crippen LogP contribution in [0.4, 0.5) is 0 Å². The second-order valence-electron chi connectivity index (χ2n) is 4.60. The molecule has 0 atom stereocenters. The average molecular weight is 285 g/mol. The molecule has 0 saturated heterocycles. The number of nitrogens with zero attached hydrogens (tertiary/aromatic N) is 1. The number of benzene rings is 1. The van der Waals surface area contributed by atoms with Crippen LogP contribution in [0.1, 0.15) is 37.8 Å². The number of rotatable bonds is 7. The molecule has 0 heterocycles. The van der Waals surface area contributed by atoms with Gasteiger partial charge in [-0.15, -0.1) is 0 Å². The van der Waals surface area contributed by atoms with Gasteiger partial charge in [-0.2, -0.15) is 4.31 Å². The smallest absolute Gasteiger partial charge is 0.243 e. The van der Waals surface area contributed by atoms with Gasteiger partial charge in [-0.25, -0.2) is 8.42 Å². The topological polar surface area (TPSA) is 57.6 Å². The van der Waals surface area contributed by atoms with Gasteiger partial charge in [0.25, 0.3) is 0 Å². The molecule has 0 unspecified atom stereocenters. The minimum atomic E-state index is -3.47. The third-order valence-corrected chi connectivity index (χ3v) is 5.17. The molecule has 0 saturated carbocycles. The lowest BCUT2D eigenvalue weighted by atomic mass is 10.1. The summed E-state index contributed by atoms with van der Waals surface area (Å²) in [6.45, 7) is 6.59. The molecule has 0 amide bonds. The Labute approximate surface area is 116 Å². The summed E-state index contributed by atoms with van der Waals surface area (Å²) in [5.74, 6) is 0. The molecule has 1 rings (SSSR count). The SMILES string of the molecule is CCCN(CCC)S(=O)(=O)c1cccc(CO)c1C. The van der Waals surface area contributed by atoms with Crippen molar-refractivity contribution < 1.29 is 13.5 Å². The van der Waals surface area contributed by atoms with Gasteiger partial charge in [-0.3, -0.25) is 0 Å².